The predicted molar refractivity (Wildman–Crippen MR) is 54.7 cm³/mol. The summed E-state index contributed by atoms with van der Waals surface area (Å²) in [5.41, 5.74) is 0. The molecule has 0 radical (unpaired) electrons. The van der Waals surface area contributed by atoms with Gasteiger partial charge in [0.15, 0.2) is 11.5 Å². The molecular formula is C11H13NO3. The lowest BCUT2D eigenvalue weighted by Gasteiger charge is -2.12. The van der Waals surface area contributed by atoms with Crippen molar-refractivity contribution < 1.29 is 14.6 Å². The second-order valence-corrected chi connectivity index (χ2v) is 2.98. The predicted octanol–water partition coefficient (Wildman–Crippen LogP) is 1.35. The number of benzene rings is 1. The van der Waals surface area contributed by atoms with E-state index in [2.05, 4.69) is 0 Å². The van der Waals surface area contributed by atoms with E-state index in [0.717, 1.165) is 0 Å². The van der Waals surface area contributed by atoms with Gasteiger partial charge in [-0.2, -0.15) is 5.26 Å². The highest BCUT2D eigenvalue weighted by molar-refractivity contribution is 5.39. The monoisotopic (exact) mass is 207 g/mol. The van der Waals surface area contributed by atoms with Crippen LogP contribution in [-0.4, -0.2) is 24.9 Å². The van der Waals surface area contributed by atoms with E-state index in [9.17, 15) is 5.11 Å². The molecule has 0 heterocycles. The van der Waals surface area contributed by atoms with Gasteiger partial charge < -0.3 is 14.6 Å². The van der Waals surface area contributed by atoms with Crippen LogP contribution in [0.15, 0.2) is 24.3 Å². The zero-order valence-corrected chi connectivity index (χ0v) is 8.51. The summed E-state index contributed by atoms with van der Waals surface area (Å²) in [7, 11) is 1.55. The number of aliphatic hydroxyl groups excluding tert-OH is 1. The van der Waals surface area contributed by atoms with Gasteiger partial charge in [0, 0.05) is 0 Å². The Morgan fingerprint density at radius 3 is 2.67 bits per heavy atom. The first-order valence-electron chi connectivity index (χ1n) is 4.58. The van der Waals surface area contributed by atoms with Crippen LogP contribution in [0.3, 0.4) is 0 Å². The summed E-state index contributed by atoms with van der Waals surface area (Å²) in [4.78, 5) is 0. The maximum absolute atomic E-state index is 9.29. The van der Waals surface area contributed by atoms with Gasteiger partial charge in [0.2, 0.25) is 0 Å². The van der Waals surface area contributed by atoms with Crippen molar-refractivity contribution >= 4 is 0 Å². The Kier molecular flexibility index (Phi) is 4.45. The van der Waals surface area contributed by atoms with Crippen LogP contribution in [0.4, 0.5) is 0 Å². The summed E-state index contributed by atoms with van der Waals surface area (Å²) in [6.07, 6.45) is -0.699. The maximum Gasteiger partial charge on any atom is 0.161 e. The fourth-order valence-corrected chi connectivity index (χ4v) is 1.09. The van der Waals surface area contributed by atoms with Crippen LogP contribution < -0.4 is 9.47 Å². The number of nitrogens with zero attached hydrogens (tertiary/aromatic N) is 1. The number of nitriles is 1. The normalized spacial score (nSPS) is 11.5. The summed E-state index contributed by atoms with van der Waals surface area (Å²) in [5, 5.41) is 17.6. The van der Waals surface area contributed by atoms with Crippen molar-refractivity contribution in [2.24, 2.45) is 0 Å². The van der Waals surface area contributed by atoms with E-state index in [4.69, 9.17) is 14.7 Å². The van der Waals surface area contributed by atoms with E-state index in [1.165, 1.54) is 0 Å². The first-order chi connectivity index (χ1) is 7.27. The van der Waals surface area contributed by atoms with Crippen molar-refractivity contribution in [2.45, 2.75) is 12.5 Å². The van der Waals surface area contributed by atoms with E-state index in [0.29, 0.717) is 11.5 Å². The molecule has 0 amide bonds. The Morgan fingerprint density at radius 1 is 1.40 bits per heavy atom. The van der Waals surface area contributed by atoms with Gasteiger partial charge in [-0.25, -0.2) is 0 Å². The third-order valence-corrected chi connectivity index (χ3v) is 1.83. The summed E-state index contributed by atoms with van der Waals surface area (Å²) in [6.45, 7) is 0.0912. The molecule has 0 saturated heterocycles. The van der Waals surface area contributed by atoms with Crippen LogP contribution in [0, 0.1) is 11.3 Å². The third-order valence-electron chi connectivity index (χ3n) is 1.83. The molecule has 1 aromatic carbocycles. The minimum atomic E-state index is -0.764. The number of methoxy groups -OCH3 is 1. The molecule has 0 aromatic heterocycles. The lowest BCUT2D eigenvalue weighted by atomic mass is 10.3. The van der Waals surface area contributed by atoms with Gasteiger partial charge in [0.05, 0.1) is 19.6 Å². The molecular weight excluding hydrogens is 194 g/mol. The van der Waals surface area contributed by atoms with Gasteiger partial charge in [0.25, 0.3) is 0 Å². The molecule has 1 atom stereocenters. The molecule has 0 aliphatic rings. The van der Waals surface area contributed by atoms with E-state index in [1.54, 1.807) is 19.2 Å². The molecule has 0 aliphatic heterocycles. The van der Waals surface area contributed by atoms with Crippen LogP contribution in [0.25, 0.3) is 0 Å². The van der Waals surface area contributed by atoms with Crippen LogP contribution in [-0.2, 0) is 0 Å². The van der Waals surface area contributed by atoms with Gasteiger partial charge in [-0.1, -0.05) is 12.1 Å². The largest absolute Gasteiger partial charge is 0.493 e. The summed E-state index contributed by atoms with van der Waals surface area (Å²) in [5.74, 6) is 1.18. The zero-order valence-electron chi connectivity index (χ0n) is 8.51. The van der Waals surface area contributed by atoms with Gasteiger partial charge in [-0.05, 0) is 12.1 Å². The highest BCUT2D eigenvalue weighted by atomic mass is 16.5. The van der Waals surface area contributed by atoms with E-state index in [-0.39, 0.29) is 13.0 Å². The summed E-state index contributed by atoms with van der Waals surface area (Å²) >= 11 is 0. The summed E-state index contributed by atoms with van der Waals surface area (Å²) in [6, 6.07) is 9.03. The number of ether oxygens (including phenoxy) is 2. The van der Waals surface area contributed by atoms with Gasteiger partial charge in [-0.3, -0.25) is 0 Å². The average Bonchev–Trinajstić information content (AvgIpc) is 2.27. The molecule has 4 nitrogen and oxygen atoms in total. The first kappa shape index (κ1) is 11.3. The average molecular weight is 207 g/mol. The minimum Gasteiger partial charge on any atom is -0.493 e. The molecule has 1 N–H and O–H groups in total. The standard InChI is InChI=1S/C11H13NO3/c1-14-10-4-2-3-5-11(10)15-8-9(13)6-7-12/h2-5,9,13H,6,8H2,1H3. The number of para-hydroxylation sites is 2. The number of aliphatic hydroxyl groups is 1. The van der Waals surface area contributed by atoms with E-state index >= 15 is 0 Å². The maximum atomic E-state index is 9.29. The lowest BCUT2D eigenvalue weighted by molar-refractivity contribution is 0.109. The lowest BCUT2D eigenvalue weighted by Crippen LogP contribution is -2.16. The fraction of sp³-hybridized carbons (Fsp3) is 0.364. The van der Waals surface area contributed by atoms with Crippen molar-refractivity contribution in [3.05, 3.63) is 24.3 Å². The van der Waals surface area contributed by atoms with Crippen LogP contribution in [0.5, 0.6) is 11.5 Å². The molecule has 80 valence electrons. The molecule has 1 unspecified atom stereocenters. The molecule has 15 heavy (non-hydrogen) atoms. The number of rotatable bonds is 5. The van der Waals surface area contributed by atoms with Crippen molar-refractivity contribution in [2.75, 3.05) is 13.7 Å². The van der Waals surface area contributed by atoms with E-state index < -0.39 is 6.10 Å². The smallest absolute Gasteiger partial charge is 0.161 e. The molecule has 0 bridgehead atoms. The quantitative estimate of drug-likeness (QED) is 0.791. The highest BCUT2D eigenvalue weighted by Crippen LogP contribution is 2.25. The van der Waals surface area contributed by atoms with Crippen molar-refractivity contribution in [1.29, 1.82) is 5.26 Å². The Morgan fingerprint density at radius 2 is 2.07 bits per heavy atom. The molecule has 0 spiro atoms. The first-order valence-corrected chi connectivity index (χ1v) is 4.58. The van der Waals surface area contributed by atoms with Crippen molar-refractivity contribution in [3.8, 4) is 17.6 Å². The molecule has 1 aromatic rings. The van der Waals surface area contributed by atoms with Crippen molar-refractivity contribution in [3.63, 3.8) is 0 Å². The topological polar surface area (TPSA) is 62.5 Å². The molecule has 0 fully saturated rings. The molecule has 4 heteroatoms. The van der Waals surface area contributed by atoms with Gasteiger partial charge in [0.1, 0.15) is 12.7 Å². The van der Waals surface area contributed by atoms with Gasteiger partial charge in [-0.15, -0.1) is 0 Å². The Labute approximate surface area is 88.7 Å². The second-order valence-electron chi connectivity index (χ2n) is 2.98. The van der Waals surface area contributed by atoms with Crippen LogP contribution >= 0.6 is 0 Å². The fourth-order valence-electron chi connectivity index (χ4n) is 1.09. The number of hydrogen-bond acceptors (Lipinski definition) is 4. The van der Waals surface area contributed by atoms with Gasteiger partial charge >= 0.3 is 0 Å². The van der Waals surface area contributed by atoms with Crippen LogP contribution in [0.2, 0.25) is 0 Å². The zero-order chi connectivity index (χ0) is 11.1. The summed E-state index contributed by atoms with van der Waals surface area (Å²) < 4.78 is 10.4. The Balaban J connectivity index is 2.54. The third kappa shape index (κ3) is 3.49. The van der Waals surface area contributed by atoms with E-state index in [1.807, 2.05) is 18.2 Å². The number of hydrogen-bond donors (Lipinski definition) is 1. The molecule has 0 aliphatic carbocycles. The molecule has 0 saturated carbocycles. The minimum absolute atomic E-state index is 0.0646. The SMILES string of the molecule is COc1ccccc1OCC(O)CC#N. The highest BCUT2D eigenvalue weighted by Gasteiger charge is 2.07. The van der Waals surface area contributed by atoms with Crippen LogP contribution in [0.1, 0.15) is 6.42 Å². The molecule has 1 rings (SSSR count). The second kappa shape index (κ2) is 5.89. The Hall–Kier alpha value is -1.73. The Bertz CT molecular complexity index is 346. The van der Waals surface area contributed by atoms with Crippen molar-refractivity contribution in [1.82, 2.24) is 0 Å².